The van der Waals surface area contributed by atoms with Crippen molar-refractivity contribution in [3.05, 3.63) is 47.2 Å². The second-order valence-corrected chi connectivity index (χ2v) is 12.6. The number of fused-ring (bicyclic) bond motifs is 1. The highest BCUT2D eigenvalue weighted by atomic mass is 79.9. The molecule has 13 nitrogen and oxygen atoms in total. The van der Waals surface area contributed by atoms with E-state index in [1.54, 1.807) is 24.9 Å². The van der Waals surface area contributed by atoms with Gasteiger partial charge < -0.3 is 24.1 Å². The van der Waals surface area contributed by atoms with Gasteiger partial charge in [-0.2, -0.15) is 0 Å². The minimum absolute atomic E-state index is 0.0725. The molecule has 0 spiro atoms. The number of esters is 2. The number of carbonyl (C=O) groups excluding carboxylic acids is 3. The maximum absolute atomic E-state index is 13.3. The fraction of sp³-hybridized carbons (Fsp3) is 0.559. The number of imidazole rings is 1. The summed E-state index contributed by atoms with van der Waals surface area (Å²) in [5.74, 6) is -1.44. The van der Waals surface area contributed by atoms with Gasteiger partial charge in [0.15, 0.2) is 0 Å². The Labute approximate surface area is 290 Å². The number of guanidine groups is 1. The zero-order valence-electron chi connectivity index (χ0n) is 28.0. The first-order chi connectivity index (χ1) is 23.3. The molecule has 0 saturated carbocycles. The number of aryl methyl sites for hydroxylation is 1. The van der Waals surface area contributed by atoms with Crippen LogP contribution >= 0.6 is 15.9 Å². The number of nitrogens with one attached hydrogen (secondary N) is 1. The maximum Gasteiger partial charge on any atom is 0.419 e. The minimum Gasteiger partial charge on any atom is -0.465 e. The molecule has 1 aliphatic heterocycles. The van der Waals surface area contributed by atoms with E-state index in [0.717, 1.165) is 30.5 Å². The molecule has 1 amide bonds. The molecule has 0 radical (unpaired) electrons. The van der Waals surface area contributed by atoms with Crippen molar-refractivity contribution in [2.45, 2.75) is 78.1 Å². The van der Waals surface area contributed by atoms with Gasteiger partial charge >= 0.3 is 18.0 Å². The lowest BCUT2D eigenvalue weighted by atomic mass is 9.87. The van der Waals surface area contributed by atoms with Crippen LogP contribution in [0.15, 0.2) is 46.5 Å². The number of benzene rings is 1. The standard InChI is InChI=1S/C34H46BrN7O6/c1-4-6-7-8-9-10-11-12-29(43)46-21-24(19-25-20-36-22-41(25)3)26(5-2)32(44)47-23-48-34(45)42-18-17-39-33(42)40-27-13-14-28-31(30(27)35)38-16-15-37-28/h13-16,20,22,24,26H,4-12,17-19,21,23H2,1-3H3,(H,39,40). The first-order valence-corrected chi connectivity index (χ1v) is 17.5. The average Bonchev–Trinajstić information content (AvgIpc) is 3.73. The lowest BCUT2D eigenvalue weighted by Gasteiger charge is -2.25. The van der Waals surface area contributed by atoms with Crippen molar-refractivity contribution < 1.29 is 28.6 Å². The van der Waals surface area contributed by atoms with Crippen molar-refractivity contribution in [3.8, 4) is 0 Å². The summed E-state index contributed by atoms with van der Waals surface area (Å²) in [6.07, 6.45) is 15.0. The largest absolute Gasteiger partial charge is 0.465 e. The van der Waals surface area contributed by atoms with Crippen LogP contribution < -0.4 is 5.32 Å². The van der Waals surface area contributed by atoms with Crippen LogP contribution in [0.2, 0.25) is 0 Å². The molecule has 2 unspecified atom stereocenters. The number of carbonyl (C=O) groups is 3. The fourth-order valence-electron chi connectivity index (χ4n) is 5.63. The van der Waals surface area contributed by atoms with Crippen LogP contribution in [0.5, 0.6) is 0 Å². The Balaban J connectivity index is 1.28. The third-order valence-corrected chi connectivity index (χ3v) is 9.22. The molecule has 0 aliphatic carbocycles. The second kappa shape index (κ2) is 19.1. The lowest BCUT2D eigenvalue weighted by molar-refractivity contribution is -0.162. The van der Waals surface area contributed by atoms with Crippen molar-refractivity contribution in [2.24, 2.45) is 23.9 Å². The predicted octanol–water partition coefficient (Wildman–Crippen LogP) is 6.42. The summed E-state index contributed by atoms with van der Waals surface area (Å²) >= 11 is 3.56. The van der Waals surface area contributed by atoms with Gasteiger partial charge in [0.1, 0.15) is 5.52 Å². The first kappa shape index (κ1) is 36.8. The van der Waals surface area contributed by atoms with Gasteiger partial charge in [-0.3, -0.25) is 24.5 Å². The van der Waals surface area contributed by atoms with Crippen LogP contribution in [0.4, 0.5) is 10.5 Å². The number of rotatable bonds is 18. The molecule has 0 bridgehead atoms. The summed E-state index contributed by atoms with van der Waals surface area (Å²) < 4.78 is 19.0. The molecule has 2 aromatic heterocycles. The molecule has 14 heteroatoms. The zero-order chi connectivity index (χ0) is 34.3. The van der Waals surface area contributed by atoms with E-state index in [2.05, 4.69) is 48.1 Å². The summed E-state index contributed by atoms with van der Waals surface area (Å²) in [6, 6.07) is 3.63. The Morgan fingerprint density at radius 2 is 1.77 bits per heavy atom. The highest BCUT2D eigenvalue weighted by Gasteiger charge is 2.32. The Morgan fingerprint density at radius 3 is 2.52 bits per heavy atom. The minimum atomic E-state index is -0.706. The molecule has 0 saturated heterocycles. The number of halogens is 1. The van der Waals surface area contributed by atoms with E-state index >= 15 is 0 Å². The second-order valence-electron chi connectivity index (χ2n) is 11.9. The van der Waals surface area contributed by atoms with Gasteiger partial charge in [-0.25, -0.2) is 14.7 Å². The van der Waals surface area contributed by atoms with Gasteiger partial charge in [-0.15, -0.1) is 0 Å². The summed E-state index contributed by atoms with van der Waals surface area (Å²) in [4.78, 5) is 57.5. The number of hydrogen-bond acceptors (Lipinski definition) is 11. The van der Waals surface area contributed by atoms with Crippen LogP contribution in [0.3, 0.4) is 0 Å². The van der Waals surface area contributed by atoms with Crippen molar-refractivity contribution >= 4 is 56.6 Å². The van der Waals surface area contributed by atoms with Crippen LogP contribution in [0.1, 0.15) is 77.3 Å². The number of hydrogen-bond donors (Lipinski definition) is 1. The molecule has 0 fully saturated rings. The Morgan fingerprint density at radius 1 is 1.00 bits per heavy atom. The normalized spacial score (nSPS) is 14.0. The van der Waals surface area contributed by atoms with Crippen LogP contribution in [-0.2, 0) is 37.3 Å². The number of amides is 1. The van der Waals surface area contributed by atoms with Crippen molar-refractivity contribution in [2.75, 3.05) is 31.8 Å². The molecule has 1 N–H and O–H groups in total. The zero-order valence-corrected chi connectivity index (χ0v) is 29.6. The average molecular weight is 729 g/mol. The number of aliphatic imine (C=N–C) groups is 1. The van der Waals surface area contributed by atoms with E-state index in [9.17, 15) is 14.4 Å². The monoisotopic (exact) mass is 727 g/mol. The molecule has 3 aromatic rings. The highest BCUT2D eigenvalue weighted by Crippen LogP contribution is 2.30. The number of unbranched alkanes of at least 4 members (excludes halogenated alkanes) is 6. The fourth-order valence-corrected chi connectivity index (χ4v) is 6.17. The van der Waals surface area contributed by atoms with E-state index in [1.807, 2.05) is 30.7 Å². The van der Waals surface area contributed by atoms with Gasteiger partial charge in [0.05, 0.1) is 47.6 Å². The predicted molar refractivity (Wildman–Crippen MR) is 185 cm³/mol. The molecule has 48 heavy (non-hydrogen) atoms. The Hall–Kier alpha value is -4.07. The van der Waals surface area contributed by atoms with Crippen molar-refractivity contribution in [1.82, 2.24) is 24.4 Å². The lowest BCUT2D eigenvalue weighted by Crippen LogP contribution is -2.39. The van der Waals surface area contributed by atoms with Crippen LogP contribution in [0.25, 0.3) is 11.0 Å². The van der Waals surface area contributed by atoms with Crippen LogP contribution in [-0.4, -0.2) is 74.9 Å². The number of nitrogens with zero attached hydrogens (tertiary/aromatic N) is 6. The molecule has 4 rings (SSSR count). The van der Waals surface area contributed by atoms with Crippen molar-refractivity contribution in [1.29, 1.82) is 0 Å². The van der Waals surface area contributed by atoms with E-state index in [1.165, 1.54) is 30.6 Å². The molecule has 2 atom stereocenters. The summed E-state index contributed by atoms with van der Waals surface area (Å²) in [5.41, 5.74) is 2.94. The van der Waals surface area contributed by atoms with E-state index in [4.69, 9.17) is 14.2 Å². The van der Waals surface area contributed by atoms with E-state index < -0.39 is 24.8 Å². The van der Waals surface area contributed by atoms with E-state index in [0.29, 0.717) is 54.0 Å². The number of ether oxygens (including phenoxy) is 3. The third-order valence-electron chi connectivity index (χ3n) is 8.41. The Kier molecular flexibility index (Phi) is 14.6. The quantitative estimate of drug-likeness (QED) is 0.0884. The van der Waals surface area contributed by atoms with E-state index in [-0.39, 0.29) is 18.5 Å². The molecule has 260 valence electrons. The smallest absolute Gasteiger partial charge is 0.419 e. The van der Waals surface area contributed by atoms with Gasteiger partial charge in [-0.05, 0) is 47.3 Å². The van der Waals surface area contributed by atoms with Crippen molar-refractivity contribution in [3.63, 3.8) is 0 Å². The number of anilines is 1. The van der Waals surface area contributed by atoms with Gasteiger partial charge in [-0.1, -0.05) is 52.4 Å². The van der Waals surface area contributed by atoms with Crippen LogP contribution in [0, 0.1) is 11.8 Å². The first-order valence-electron chi connectivity index (χ1n) is 16.7. The molecular formula is C34H46BrN7O6. The SMILES string of the molecule is CCCCCCCCCC(=O)OCC(Cc1cncn1C)C(CC)C(=O)OCOC(=O)N1CCN=C1Nc1ccc2nccnc2c1Br. The highest BCUT2D eigenvalue weighted by molar-refractivity contribution is 9.10. The van der Waals surface area contributed by atoms with Gasteiger partial charge in [0.2, 0.25) is 12.8 Å². The molecule has 3 heterocycles. The summed E-state index contributed by atoms with van der Waals surface area (Å²) in [5, 5.41) is 3.15. The third kappa shape index (κ3) is 10.5. The maximum atomic E-state index is 13.3. The number of aromatic nitrogens is 4. The summed E-state index contributed by atoms with van der Waals surface area (Å²) in [7, 11) is 1.88. The topological polar surface area (TPSA) is 150 Å². The van der Waals surface area contributed by atoms with Gasteiger partial charge in [0, 0.05) is 43.7 Å². The Bertz CT molecular complexity index is 1550. The molecule has 1 aliphatic rings. The molecular weight excluding hydrogens is 682 g/mol. The van der Waals surface area contributed by atoms with Gasteiger partial charge in [0.25, 0.3) is 0 Å². The molecule has 1 aromatic carbocycles. The summed E-state index contributed by atoms with van der Waals surface area (Å²) in [6.45, 7) is 4.26.